The molecule has 3 aromatic carbocycles. The molecule has 0 fully saturated rings. The van der Waals surface area contributed by atoms with Gasteiger partial charge in [-0.15, -0.1) is 0 Å². The zero-order valence-corrected chi connectivity index (χ0v) is 20.4. The number of halogens is 2. The number of carbonyl (C=O) groups is 1. The second kappa shape index (κ2) is 8.75. The van der Waals surface area contributed by atoms with Crippen molar-refractivity contribution in [2.75, 3.05) is 16.6 Å². The summed E-state index contributed by atoms with van der Waals surface area (Å²) in [5, 5.41) is 9.22. The Morgan fingerprint density at radius 3 is 2.47 bits per heavy atom. The standard InChI is InChI=1S/C25H22ClIN4O/c1-16-23(25(32)29-30-15-14-17-6-2-4-8-21(17)30)28-31(22-9-5-3-7-20(22)26)24(16)18-10-12-19(27)13-11-18/h2-13,16,24H,14-15H2,1H3,(H,29,32)/t16-,24+/m0/s1. The number of rotatable bonds is 4. The molecule has 1 N–H and O–H groups in total. The quantitative estimate of drug-likeness (QED) is 0.426. The Balaban J connectivity index is 1.48. The van der Waals surface area contributed by atoms with Crippen molar-refractivity contribution >= 4 is 57.2 Å². The molecule has 162 valence electrons. The lowest BCUT2D eigenvalue weighted by molar-refractivity contribution is -0.115. The van der Waals surface area contributed by atoms with Gasteiger partial charge in [-0.1, -0.05) is 61.0 Å². The van der Waals surface area contributed by atoms with Gasteiger partial charge in [-0.25, -0.2) is 0 Å². The van der Waals surface area contributed by atoms with E-state index in [9.17, 15) is 4.79 Å². The molecule has 2 aliphatic heterocycles. The van der Waals surface area contributed by atoms with Crippen LogP contribution in [0.25, 0.3) is 0 Å². The minimum absolute atomic E-state index is 0.121. The van der Waals surface area contributed by atoms with Crippen LogP contribution >= 0.6 is 34.2 Å². The predicted octanol–water partition coefficient (Wildman–Crippen LogP) is 5.59. The lowest BCUT2D eigenvalue weighted by Crippen LogP contribution is -2.45. The minimum Gasteiger partial charge on any atom is -0.285 e. The van der Waals surface area contributed by atoms with Crippen LogP contribution in [-0.4, -0.2) is 18.2 Å². The van der Waals surface area contributed by atoms with Crippen LogP contribution in [0.2, 0.25) is 5.02 Å². The third-order valence-corrected chi connectivity index (χ3v) is 7.09. The first-order valence-corrected chi connectivity index (χ1v) is 12.0. The Labute approximate surface area is 206 Å². The normalized spacial score (nSPS) is 19.7. The molecule has 0 saturated heterocycles. The SMILES string of the molecule is C[C@H]1C(C(=O)NN2CCc3ccccc32)=NN(c2ccccc2Cl)[C@H]1c1ccc(I)cc1. The number of nitrogens with zero attached hydrogens (tertiary/aromatic N) is 3. The molecule has 0 aromatic heterocycles. The Hall–Kier alpha value is -2.58. The fraction of sp³-hybridized carbons (Fsp3) is 0.200. The van der Waals surface area contributed by atoms with Gasteiger partial charge in [-0.3, -0.25) is 20.2 Å². The van der Waals surface area contributed by atoms with E-state index in [2.05, 4.69) is 65.3 Å². The number of hydrazine groups is 1. The summed E-state index contributed by atoms with van der Waals surface area (Å²) in [6.07, 6.45) is 0.912. The molecule has 0 unspecified atom stereocenters. The van der Waals surface area contributed by atoms with Crippen molar-refractivity contribution < 1.29 is 4.79 Å². The van der Waals surface area contributed by atoms with Crippen LogP contribution in [0.1, 0.15) is 24.1 Å². The fourth-order valence-electron chi connectivity index (χ4n) is 4.45. The van der Waals surface area contributed by atoms with E-state index in [-0.39, 0.29) is 17.9 Å². The molecular weight excluding hydrogens is 535 g/mol. The van der Waals surface area contributed by atoms with E-state index < -0.39 is 0 Å². The molecule has 0 spiro atoms. The molecule has 7 heteroatoms. The van der Waals surface area contributed by atoms with Crippen molar-refractivity contribution in [2.24, 2.45) is 11.0 Å². The number of para-hydroxylation sites is 2. The van der Waals surface area contributed by atoms with Gasteiger partial charge in [0.1, 0.15) is 5.71 Å². The first-order valence-electron chi connectivity index (χ1n) is 10.6. The second-order valence-electron chi connectivity index (χ2n) is 8.04. The minimum atomic E-state index is -0.181. The highest BCUT2D eigenvalue weighted by Gasteiger charge is 2.40. The van der Waals surface area contributed by atoms with Crippen LogP contribution in [0.15, 0.2) is 77.9 Å². The molecule has 5 rings (SSSR count). The third kappa shape index (κ3) is 3.86. The zero-order valence-electron chi connectivity index (χ0n) is 17.5. The topological polar surface area (TPSA) is 47.9 Å². The monoisotopic (exact) mass is 556 g/mol. The predicted molar refractivity (Wildman–Crippen MR) is 138 cm³/mol. The van der Waals surface area contributed by atoms with Gasteiger partial charge < -0.3 is 0 Å². The number of amides is 1. The first kappa shape index (κ1) is 21.3. The Morgan fingerprint density at radius 2 is 1.72 bits per heavy atom. The van der Waals surface area contributed by atoms with Gasteiger partial charge in [0.25, 0.3) is 5.91 Å². The van der Waals surface area contributed by atoms with E-state index in [0.29, 0.717) is 10.7 Å². The van der Waals surface area contributed by atoms with E-state index in [1.54, 1.807) is 0 Å². The molecule has 2 atom stereocenters. The number of benzene rings is 3. The van der Waals surface area contributed by atoms with Crippen LogP contribution in [0.3, 0.4) is 0 Å². The highest BCUT2D eigenvalue weighted by atomic mass is 127. The van der Waals surface area contributed by atoms with Crippen molar-refractivity contribution in [1.29, 1.82) is 0 Å². The molecule has 5 nitrogen and oxygen atoms in total. The molecule has 0 saturated carbocycles. The number of hydrogen-bond donors (Lipinski definition) is 1. The smallest absolute Gasteiger partial charge is 0.285 e. The van der Waals surface area contributed by atoms with Crippen molar-refractivity contribution in [3.05, 3.63) is 92.5 Å². The van der Waals surface area contributed by atoms with E-state index in [0.717, 1.165) is 33.5 Å². The van der Waals surface area contributed by atoms with Gasteiger partial charge in [0.2, 0.25) is 0 Å². The van der Waals surface area contributed by atoms with Crippen LogP contribution in [0, 0.1) is 9.49 Å². The molecule has 0 radical (unpaired) electrons. The maximum atomic E-state index is 13.4. The highest BCUT2D eigenvalue weighted by molar-refractivity contribution is 14.1. The fourth-order valence-corrected chi connectivity index (χ4v) is 5.03. The molecule has 0 bridgehead atoms. The summed E-state index contributed by atoms with van der Waals surface area (Å²) in [7, 11) is 0. The Kier molecular flexibility index (Phi) is 5.82. The third-order valence-electron chi connectivity index (χ3n) is 6.05. The first-order chi connectivity index (χ1) is 15.5. The van der Waals surface area contributed by atoms with Crippen molar-refractivity contribution in [3.63, 3.8) is 0 Å². The second-order valence-corrected chi connectivity index (χ2v) is 9.69. The number of carbonyl (C=O) groups excluding carboxylic acids is 1. The van der Waals surface area contributed by atoms with Crippen LogP contribution in [0.4, 0.5) is 11.4 Å². The molecule has 1 amide bonds. The van der Waals surface area contributed by atoms with Gasteiger partial charge in [0.05, 0.1) is 22.4 Å². The number of anilines is 2. The highest BCUT2D eigenvalue weighted by Crippen LogP contribution is 2.41. The maximum Gasteiger partial charge on any atom is 0.286 e. The average molecular weight is 557 g/mol. The van der Waals surface area contributed by atoms with E-state index in [1.807, 2.05) is 52.5 Å². The van der Waals surface area contributed by atoms with E-state index >= 15 is 0 Å². The lowest BCUT2D eigenvalue weighted by Gasteiger charge is -2.27. The number of hydrazone groups is 1. The van der Waals surface area contributed by atoms with Gasteiger partial charge in [0, 0.05) is 16.0 Å². The molecule has 0 aliphatic carbocycles. The molecule has 2 heterocycles. The summed E-state index contributed by atoms with van der Waals surface area (Å²) >= 11 is 8.83. The number of fused-ring (bicyclic) bond motifs is 1. The lowest BCUT2D eigenvalue weighted by atomic mass is 9.91. The Bertz CT molecular complexity index is 1200. The van der Waals surface area contributed by atoms with Crippen LogP contribution in [-0.2, 0) is 11.2 Å². The van der Waals surface area contributed by atoms with Crippen molar-refractivity contribution in [2.45, 2.75) is 19.4 Å². The van der Waals surface area contributed by atoms with Gasteiger partial charge in [-0.2, -0.15) is 5.10 Å². The number of nitrogens with one attached hydrogen (secondary N) is 1. The summed E-state index contributed by atoms with van der Waals surface area (Å²) in [5.41, 5.74) is 7.75. The molecular formula is C25H22ClIN4O. The summed E-state index contributed by atoms with van der Waals surface area (Å²) in [5.74, 6) is -0.302. The summed E-state index contributed by atoms with van der Waals surface area (Å²) in [6.45, 7) is 2.80. The average Bonchev–Trinajstić information content (AvgIpc) is 3.36. The number of hydrogen-bond acceptors (Lipinski definition) is 4. The zero-order chi connectivity index (χ0) is 22.2. The van der Waals surface area contributed by atoms with Crippen molar-refractivity contribution in [1.82, 2.24) is 5.43 Å². The summed E-state index contributed by atoms with van der Waals surface area (Å²) < 4.78 is 1.16. The van der Waals surface area contributed by atoms with Gasteiger partial charge in [0.15, 0.2) is 0 Å². The van der Waals surface area contributed by atoms with Gasteiger partial charge in [-0.05, 0) is 70.5 Å². The van der Waals surface area contributed by atoms with E-state index in [4.69, 9.17) is 16.7 Å². The Morgan fingerprint density at radius 1 is 1.03 bits per heavy atom. The molecule has 2 aliphatic rings. The molecule has 3 aromatic rings. The largest absolute Gasteiger partial charge is 0.286 e. The van der Waals surface area contributed by atoms with Gasteiger partial charge >= 0.3 is 0 Å². The summed E-state index contributed by atoms with van der Waals surface area (Å²) in [4.78, 5) is 13.4. The van der Waals surface area contributed by atoms with Crippen molar-refractivity contribution in [3.8, 4) is 0 Å². The van der Waals surface area contributed by atoms with Crippen LogP contribution < -0.4 is 15.4 Å². The maximum absolute atomic E-state index is 13.4. The molecule has 32 heavy (non-hydrogen) atoms. The van der Waals surface area contributed by atoms with Crippen LogP contribution in [0.5, 0.6) is 0 Å². The van der Waals surface area contributed by atoms with E-state index in [1.165, 1.54) is 5.56 Å². The summed E-state index contributed by atoms with van der Waals surface area (Å²) in [6, 6.07) is 24.0.